The summed E-state index contributed by atoms with van der Waals surface area (Å²) >= 11 is 0. The molecule has 0 aliphatic heterocycles. The van der Waals surface area contributed by atoms with Crippen molar-refractivity contribution < 1.29 is 19.1 Å². The van der Waals surface area contributed by atoms with Crippen molar-refractivity contribution in [2.24, 2.45) is 0 Å². The number of benzene rings is 7. The number of aryl methyl sites for hydroxylation is 2. The predicted octanol–water partition coefficient (Wildman–Crippen LogP) is 13.5. The van der Waals surface area contributed by atoms with Crippen LogP contribution in [0.2, 0.25) is 0 Å². The average molecular weight is 735 g/mol. The minimum absolute atomic E-state index is 0.396. The van der Waals surface area contributed by atoms with Gasteiger partial charge in [-0.2, -0.15) is 0 Å². The summed E-state index contributed by atoms with van der Waals surface area (Å²) in [4.78, 5) is 25.9. The highest BCUT2D eigenvalue weighted by Crippen LogP contribution is 2.30. The normalized spacial score (nSPS) is 10.9. The molecule has 0 bridgehead atoms. The van der Waals surface area contributed by atoms with Crippen LogP contribution in [0.4, 0.5) is 0 Å². The molecule has 0 aliphatic rings. The first-order valence-electron chi connectivity index (χ1n) is 19.6. The number of carbonyl (C=O) groups excluding carboxylic acids is 2. The van der Waals surface area contributed by atoms with E-state index in [-0.39, 0.29) is 0 Å². The van der Waals surface area contributed by atoms with Crippen LogP contribution in [-0.2, 0) is 12.8 Å². The Kier molecular flexibility index (Phi) is 12.3. The van der Waals surface area contributed by atoms with Crippen LogP contribution in [0.1, 0.15) is 71.4 Å². The molecule has 0 radical (unpaired) electrons. The lowest BCUT2D eigenvalue weighted by Gasteiger charge is -2.10. The van der Waals surface area contributed by atoms with Gasteiger partial charge in [0.25, 0.3) is 0 Å². The van der Waals surface area contributed by atoms with Gasteiger partial charge >= 0.3 is 11.9 Å². The molecule has 0 fully saturated rings. The van der Waals surface area contributed by atoms with E-state index in [0.717, 1.165) is 57.3 Å². The van der Waals surface area contributed by atoms with Gasteiger partial charge < -0.3 is 9.47 Å². The van der Waals surface area contributed by atoms with Crippen LogP contribution in [-0.4, -0.2) is 11.9 Å². The average Bonchev–Trinajstić information content (AvgIpc) is 3.26. The molecule has 0 saturated carbocycles. The molecular weight excluding hydrogens is 689 g/mol. The van der Waals surface area contributed by atoms with Crippen LogP contribution in [0.5, 0.6) is 11.5 Å². The van der Waals surface area contributed by atoms with Crippen LogP contribution in [0, 0.1) is 0 Å². The Hall–Kier alpha value is -6.52. The van der Waals surface area contributed by atoms with E-state index < -0.39 is 11.9 Å². The topological polar surface area (TPSA) is 52.6 Å². The molecule has 0 aliphatic carbocycles. The van der Waals surface area contributed by atoms with Gasteiger partial charge in [-0.1, -0.05) is 142 Å². The number of hydrogen-bond acceptors (Lipinski definition) is 4. The fraction of sp³-hybridized carbons (Fsp3) is 0.154. The maximum Gasteiger partial charge on any atom is 0.343 e. The second-order valence-corrected chi connectivity index (χ2v) is 14.2. The van der Waals surface area contributed by atoms with Crippen molar-refractivity contribution in [2.75, 3.05) is 0 Å². The van der Waals surface area contributed by atoms with E-state index >= 15 is 0 Å². The molecule has 0 unspecified atom stereocenters. The molecule has 0 saturated heterocycles. The molecule has 7 aromatic rings. The lowest BCUT2D eigenvalue weighted by Crippen LogP contribution is -2.08. The molecule has 56 heavy (non-hydrogen) atoms. The molecule has 0 N–H and O–H groups in total. The molecule has 0 spiro atoms. The van der Waals surface area contributed by atoms with E-state index in [1.165, 1.54) is 36.8 Å². The quantitative estimate of drug-likeness (QED) is 0.0824. The highest BCUT2D eigenvalue weighted by atomic mass is 16.5. The molecule has 0 amide bonds. The second-order valence-electron chi connectivity index (χ2n) is 14.2. The molecule has 4 nitrogen and oxygen atoms in total. The highest BCUT2D eigenvalue weighted by Gasteiger charge is 2.12. The predicted molar refractivity (Wildman–Crippen MR) is 228 cm³/mol. The second kappa shape index (κ2) is 18.2. The number of hydrogen-bond donors (Lipinski definition) is 0. The van der Waals surface area contributed by atoms with E-state index in [2.05, 4.69) is 80.6 Å². The van der Waals surface area contributed by atoms with E-state index in [1.807, 2.05) is 103 Å². The molecule has 278 valence electrons. The van der Waals surface area contributed by atoms with Crippen molar-refractivity contribution in [1.82, 2.24) is 0 Å². The van der Waals surface area contributed by atoms with Gasteiger partial charge in [-0.15, -0.1) is 0 Å². The van der Waals surface area contributed by atoms with E-state index in [4.69, 9.17) is 9.47 Å². The van der Waals surface area contributed by atoms with Gasteiger partial charge in [0, 0.05) is 0 Å². The van der Waals surface area contributed by atoms with Crippen molar-refractivity contribution in [3.8, 4) is 56.0 Å². The molecule has 0 aromatic heterocycles. The van der Waals surface area contributed by atoms with Gasteiger partial charge in [-0.05, 0) is 136 Å². The van der Waals surface area contributed by atoms with Crippen molar-refractivity contribution in [3.63, 3.8) is 0 Å². The van der Waals surface area contributed by atoms with Crippen molar-refractivity contribution in [3.05, 3.63) is 192 Å². The summed E-state index contributed by atoms with van der Waals surface area (Å²) in [7, 11) is 0. The maximum atomic E-state index is 13.0. The Bertz CT molecular complexity index is 2190. The Labute approximate surface area is 330 Å². The van der Waals surface area contributed by atoms with E-state index in [9.17, 15) is 9.59 Å². The molecular formula is C52H46O4. The van der Waals surface area contributed by atoms with E-state index in [1.54, 1.807) is 0 Å². The zero-order valence-corrected chi connectivity index (χ0v) is 32.0. The van der Waals surface area contributed by atoms with E-state index in [0.29, 0.717) is 22.6 Å². The number of carbonyl (C=O) groups is 2. The Balaban J connectivity index is 0.932. The SMILES string of the molecule is CCCCc1ccc(-c2ccc(C(=O)Oc3ccc(-c4cccc(-c5ccc(OC(=O)c6ccc(-c7ccc(CCCC)cc7)cc6)cc5)c4)cc3)cc2)cc1. The van der Waals surface area contributed by atoms with Crippen LogP contribution < -0.4 is 9.47 Å². The standard InChI is InChI=1S/C52H46O4/c1-3-5-8-37-12-16-39(17-13-37)41-20-24-45(25-21-41)51(53)55-49-32-28-43(29-33-49)47-10-7-11-48(36-47)44-30-34-50(35-31-44)56-52(54)46-26-22-42(23-27-46)40-18-14-38(15-19-40)9-6-4-2/h7,10-36H,3-6,8-9H2,1-2H3. The van der Waals surface area contributed by atoms with Crippen molar-refractivity contribution >= 4 is 11.9 Å². The fourth-order valence-electron chi connectivity index (χ4n) is 6.73. The summed E-state index contributed by atoms with van der Waals surface area (Å²) in [6, 6.07) is 55.7. The molecule has 4 heteroatoms. The summed E-state index contributed by atoms with van der Waals surface area (Å²) in [5, 5.41) is 0. The van der Waals surface area contributed by atoms with Crippen LogP contribution in [0.15, 0.2) is 170 Å². The highest BCUT2D eigenvalue weighted by molar-refractivity contribution is 5.92. The summed E-state index contributed by atoms with van der Waals surface area (Å²) in [5.41, 5.74) is 12.1. The summed E-state index contributed by atoms with van der Waals surface area (Å²) in [6.45, 7) is 4.41. The van der Waals surface area contributed by atoms with Gasteiger partial charge in [0.05, 0.1) is 11.1 Å². The first-order chi connectivity index (χ1) is 27.4. The van der Waals surface area contributed by atoms with Crippen LogP contribution in [0.25, 0.3) is 44.5 Å². The van der Waals surface area contributed by atoms with Gasteiger partial charge in [-0.25, -0.2) is 9.59 Å². The third-order valence-corrected chi connectivity index (χ3v) is 10.1. The minimum Gasteiger partial charge on any atom is -0.423 e. The number of unbranched alkanes of at least 4 members (excludes halogenated alkanes) is 2. The third-order valence-electron chi connectivity index (χ3n) is 10.1. The van der Waals surface area contributed by atoms with Crippen LogP contribution in [0.3, 0.4) is 0 Å². The largest absolute Gasteiger partial charge is 0.423 e. The molecule has 7 aromatic carbocycles. The Morgan fingerprint density at radius 3 is 1.02 bits per heavy atom. The zero-order valence-electron chi connectivity index (χ0n) is 32.0. The fourth-order valence-corrected chi connectivity index (χ4v) is 6.73. The monoisotopic (exact) mass is 734 g/mol. The number of rotatable bonds is 14. The number of ether oxygens (including phenoxy) is 2. The van der Waals surface area contributed by atoms with Gasteiger partial charge in [0.1, 0.15) is 11.5 Å². The summed E-state index contributed by atoms with van der Waals surface area (Å²) < 4.78 is 11.4. The smallest absolute Gasteiger partial charge is 0.343 e. The van der Waals surface area contributed by atoms with Crippen molar-refractivity contribution in [1.29, 1.82) is 0 Å². The molecule has 0 heterocycles. The lowest BCUT2D eigenvalue weighted by atomic mass is 9.99. The summed E-state index contributed by atoms with van der Waals surface area (Å²) in [6.07, 6.45) is 6.94. The van der Waals surface area contributed by atoms with Crippen molar-refractivity contribution in [2.45, 2.75) is 52.4 Å². The zero-order chi connectivity index (χ0) is 38.7. The number of esters is 2. The van der Waals surface area contributed by atoms with Gasteiger partial charge in [-0.3, -0.25) is 0 Å². The Morgan fingerprint density at radius 2 is 0.679 bits per heavy atom. The van der Waals surface area contributed by atoms with Gasteiger partial charge in [0.2, 0.25) is 0 Å². The molecule has 0 atom stereocenters. The first kappa shape index (κ1) is 37.8. The maximum absolute atomic E-state index is 13.0. The summed E-state index contributed by atoms with van der Waals surface area (Å²) in [5.74, 6) is 0.171. The third kappa shape index (κ3) is 9.58. The molecule has 7 rings (SSSR count). The van der Waals surface area contributed by atoms with Crippen LogP contribution >= 0.6 is 0 Å². The Morgan fingerprint density at radius 1 is 0.375 bits per heavy atom. The minimum atomic E-state index is -0.396. The first-order valence-corrected chi connectivity index (χ1v) is 19.6. The lowest BCUT2D eigenvalue weighted by molar-refractivity contribution is 0.0725. The van der Waals surface area contributed by atoms with Gasteiger partial charge in [0.15, 0.2) is 0 Å².